The minimum absolute atomic E-state index is 0.266. The van der Waals surface area contributed by atoms with Crippen LogP contribution in [0.2, 0.25) is 0 Å². The molecule has 0 aliphatic heterocycles. The van der Waals surface area contributed by atoms with Crippen LogP contribution in [0.4, 0.5) is 4.39 Å². The van der Waals surface area contributed by atoms with E-state index in [1.807, 2.05) is 0 Å². The van der Waals surface area contributed by atoms with Crippen molar-refractivity contribution >= 4 is 15.9 Å². The molecule has 0 aromatic heterocycles. The summed E-state index contributed by atoms with van der Waals surface area (Å²) >= 11 is 3.27. The molecule has 4 heteroatoms. The van der Waals surface area contributed by atoms with Gasteiger partial charge < -0.3 is 10.1 Å². The van der Waals surface area contributed by atoms with Crippen molar-refractivity contribution in [1.82, 2.24) is 5.32 Å². The molecule has 0 aliphatic rings. The molecule has 0 amide bonds. The molecule has 0 radical (unpaired) electrons. The van der Waals surface area contributed by atoms with E-state index in [0.29, 0.717) is 22.2 Å². The van der Waals surface area contributed by atoms with Crippen LogP contribution in [0.5, 0.6) is 5.75 Å². The lowest BCUT2D eigenvalue weighted by Crippen LogP contribution is -2.25. The molecule has 1 aromatic rings. The Morgan fingerprint density at radius 2 is 2.00 bits per heavy atom. The predicted molar refractivity (Wildman–Crippen MR) is 76.5 cm³/mol. The average Bonchev–Trinajstić information content (AvgIpc) is 2.24. The molecule has 1 aromatic carbocycles. The van der Waals surface area contributed by atoms with Gasteiger partial charge in [0, 0.05) is 6.54 Å². The van der Waals surface area contributed by atoms with E-state index in [1.165, 1.54) is 12.1 Å². The van der Waals surface area contributed by atoms with Crippen molar-refractivity contribution in [2.75, 3.05) is 19.7 Å². The molecular weight excluding hydrogens is 297 g/mol. The first-order chi connectivity index (χ1) is 8.38. The fourth-order valence-electron chi connectivity index (χ4n) is 1.41. The molecule has 0 spiro atoms. The molecule has 102 valence electrons. The first-order valence-corrected chi connectivity index (χ1v) is 6.96. The van der Waals surface area contributed by atoms with Crippen LogP contribution < -0.4 is 10.1 Å². The molecule has 0 atom stereocenters. The van der Waals surface area contributed by atoms with Crippen molar-refractivity contribution in [2.24, 2.45) is 5.41 Å². The normalized spacial score (nSPS) is 11.6. The lowest BCUT2D eigenvalue weighted by molar-refractivity contribution is 0.302. The highest BCUT2D eigenvalue weighted by Gasteiger charge is 2.08. The monoisotopic (exact) mass is 317 g/mol. The van der Waals surface area contributed by atoms with Gasteiger partial charge in [-0.2, -0.15) is 0 Å². The third-order valence-corrected chi connectivity index (χ3v) is 3.10. The van der Waals surface area contributed by atoms with E-state index < -0.39 is 0 Å². The second-order valence-corrected chi connectivity index (χ2v) is 6.34. The van der Waals surface area contributed by atoms with Crippen LogP contribution in [0.1, 0.15) is 27.2 Å². The van der Waals surface area contributed by atoms with E-state index in [0.717, 1.165) is 19.5 Å². The maximum absolute atomic E-state index is 12.9. The summed E-state index contributed by atoms with van der Waals surface area (Å²) in [5.41, 5.74) is 0.355. The number of hydrogen-bond acceptors (Lipinski definition) is 2. The van der Waals surface area contributed by atoms with Gasteiger partial charge in [0.15, 0.2) is 0 Å². The lowest BCUT2D eigenvalue weighted by Gasteiger charge is -2.18. The molecule has 1 rings (SSSR count). The first kappa shape index (κ1) is 15.4. The quantitative estimate of drug-likeness (QED) is 0.801. The molecule has 2 nitrogen and oxygen atoms in total. The van der Waals surface area contributed by atoms with Crippen molar-refractivity contribution < 1.29 is 9.13 Å². The smallest absolute Gasteiger partial charge is 0.133 e. The van der Waals surface area contributed by atoms with Crippen LogP contribution in [0, 0.1) is 11.2 Å². The highest BCUT2D eigenvalue weighted by molar-refractivity contribution is 9.10. The number of halogens is 2. The molecular formula is C14H21BrFNO. The van der Waals surface area contributed by atoms with Crippen LogP contribution in [-0.2, 0) is 0 Å². The molecule has 0 bridgehead atoms. The van der Waals surface area contributed by atoms with Crippen LogP contribution in [-0.4, -0.2) is 19.7 Å². The highest BCUT2D eigenvalue weighted by atomic mass is 79.9. The van der Waals surface area contributed by atoms with E-state index in [1.54, 1.807) is 6.07 Å². The molecule has 0 saturated heterocycles. The highest BCUT2D eigenvalue weighted by Crippen LogP contribution is 2.25. The number of nitrogens with one attached hydrogen (secondary N) is 1. The number of hydrogen-bond donors (Lipinski definition) is 1. The van der Waals surface area contributed by atoms with E-state index in [4.69, 9.17) is 4.74 Å². The summed E-state index contributed by atoms with van der Waals surface area (Å²) in [6.07, 6.45) is 1.13. The van der Waals surface area contributed by atoms with Gasteiger partial charge in [-0.15, -0.1) is 0 Å². The van der Waals surface area contributed by atoms with E-state index in [9.17, 15) is 4.39 Å². The van der Waals surface area contributed by atoms with E-state index >= 15 is 0 Å². The number of rotatable bonds is 6. The first-order valence-electron chi connectivity index (χ1n) is 6.17. The third-order valence-electron chi connectivity index (χ3n) is 2.48. The van der Waals surface area contributed by atoms with Crippen LogP contribution in [0.3, 0.4) is 0 Å². The second-order valence-electron chi connectivity index (χ2n) is 5.48. The predicted octanol–water partition coefficient (Wildman–Crippen LogP) is 3.99. The summed E-state index contributed by atoms with van der Waals surface area (Å²) in [7, 11) is 0. The molecule has 1 N–H and O–H groups in total. The molecule has 0 unspecified atom stereocenters. The van der Waals surface area contributed by atoms with Gasteiger partial charge in [0.2, 0.25) is 0 Å². The third kappa shape index (κ3) is 6.36. The zero-order valence-electron chi connectivity index (χ0n) is 11.2. The molecule has 18 heavy (non-hydrogen) atoms. The lowest BCUT2D eigenvalue weighted by atomic mass is 9.92. The zero-order chi connectivity index (χ0) is 13.6. The van der Waals surface area contributed by atoms with Gasteiger partial charge in [-0.25, -0.2) is 4.39 Å². The maximum atomic E-state index is 12.9. The van der Waals surface area contributed by atoms with Gasteiger partial charge in [0.1, 0.15) is 18.2 Å². The summed E-state index contributed by atoms with van der Waals surface area (Å²) in [5.74, 6) is 0.409. The Morgan fingerprint density at radius 3 is 2.61 bits per heavy atom. The van der Waals surface area contributed by atoms with Crippen LogP contribution in [0.15, 0.2) is 22.7 Å². The molecule has 0 fully saturated rings. The Labute approximate surface area is 117 Å². The van der Waals surface area contributed by atoms with Crippen molar-refractivity contribution in [2.45, 2.75) is 27.2 Å². The van der Waals surface area contributed by atoms with Crippen molar-refractivity contribution in [3.8, 4) is 5.75 Å². The Balaban J connectivity index is 2.18. The summed E-state index contributed by atoms with van der Waals surface area (Å²) in [5, 5.41) is 3.33. The van der Waals surface area contributed by atoms with Gasteiger partial charge in [0.05, 0.1) is 4.47 Å². The Kier molecular flexibility index (Phi) is 6.09. The molecule has 0 aliphatic carbocycles. The average molecular weight is 318 g/mol. The van der Waals surface area contributed by atoms with E-state index in [-0.39, 0.29) is 5.82 Å². The summed E-state index contributed by atoms with van der Waals surface area (Å²) in [6, 6.07) is 4.43. The van der Waals surface area contributed by atoms with Gasteiger partial charge in [-0.1, -0.05) is 20.8 Å². The largest absolute Gasteiger partial charge is 0.491 e. The van der Waals surface area contributed by atoms with Crippen LogP contribution in [0.25, 0.3) is 0 Å². The Hall–Kier alpha value is -0.610. The standard InChI is InChI=1S/C14H21BrFNO/c1-14(2,3)6-7-17-8-9-18-13-5-4-11(16)10-12(13)15/h4-5,10,17H,6-9H2,1-3H3. The summed E-state index contributed by atoms with van der Waals surface area (Å²) in [6.45, 7) is 9.02. The van der Waals surface area contributed by atoms with Crippen molar-refractivity contribution in [3.63, 3.8) is 0 Å². The zero-order valence-corrected chi connectivity index (χ0v) is 12.8. The summed E-state index contributed by atoms with van der Waals surface area (Å²) < 4.78 is 19.0. The minimum Gasteiger partial charge on any atom is -0.491 e. The second kappa shape index (κ2) is 7.10. The van der Waals surface area contributed by atoms with Gasteiger partial charge in [0.25, 0.3) is 0 Å². The van der Waals surface area contributed by atoms with Gasteiger partial charge in [-0.3, -0.25) is 0 Å². The Morgan fingerprint density at radius 1 is 1.28 bits per heavy atom. The van der Waals surface area contributed by atoms with Crippen molar-refractivity contribution in [3.05, 3.63) is 28.5 Å². The number of benzene rings is 1. The van der Waals surface area contributed by atoms with Crippen molar-refractivity contribution in [1.29, 1.82) is 0 Å². The maximum Gasteiger partial charge on any atom is 0.133 e. The molecule has 0 heterocycles. The molecule has 0 saturated carbocycles. The van der Waals surface area contributed by atoms with Gasteiger partial charge in [-0.05, 0) is 52.5 Å². The number of ether oxygens (including phenoxy) is 1. The van der Waals surface area contributed by atoms with Gasteiger partial charge >= 0.3 is 0 Å². The minimum atomic E-state index is -0.266. The SMILES string of the molecule is CC(C)(C)CCNCCOc1ccc(F)cc1Br. The fraction of sp³-hybridized carbons (Fsp3) is 0.571. The van der Waals surface area contributed by atoms with E-state index in [2.05, 4.69) is 42.0 Å². The Bertz CT molecular complexity index is 377. The van der Waals surface area contributed by atoms with Crippen LogP contribution >= 0.6 is 15.9 Å². The topological polar surface area (TPSA) is 21.3 Å². The summed E-state index contributed by atoms with van der Waals surface area (Å²) in [4.78, 5) is 0. The fourth-order valence-corrected chi connectivity index (χ4v) is 1.88.